The van der Waals surface area contributed by atoms with Gasteiger partial charge in [0.1, 0.15) is 6.61 Å². The number of hydrogen-bond acceptors (Lipinski definition) is 4. The number of benzene rings is 1. The largest absolute Gasteiger partial charge is 0.461 e. The molecule has 1 heterocycles. The van der Waals surface area contributed by atoms with Gasteiger partial charge in [-0.3, -0.25) is 9.59 Å². The Morgan fingerprint density at radius 2 is 1.80 bits per heavy atom. The predicted molar refractivity (Wildman–Crippen MR) is 119 cm³/mol. The average molecular weight is 411 g/mol. The summed E-state index contributed by atoms with van der Waals surface area (Å²) in [7, 11) is 0. The van der Waals surface area contributed by atoms with Gasteiger partial charge in [0.2, 0.25) is 0 Å². The lowest BCUT2D eigenvalue weighted by molar-refractivity contribution is -0.141. The van der Waals surface area contributed by atoms with E-state index >= 15 is 0 Å². The number of Topliss-reactive ketones (excluding diaryl/α,β-unsaturated/α-hetero) is 1. The van der Waals surface area contributed by atoms with Gasteiger partial charge in [0.05, 0.1) is 6.42 Å². The first kappa shape index (κ1) is 22.5. The van der Waals surface area contributed by atoms with Gasteiger partial charge < -0.3 is 9.47 Å². The molecule has 162 valence electrons. The number of esters is 1. The molecule has 1 aliphatic heterocycles. The second-order valence-electron chi connectivity index (χ2n) is 8.68. The molecule has 1 spiro atoms. The maximum atomic E-state index is 13.6. The lowest BCUT2D eigenvalue weighted by atomic mass is 9.64. The van der Waals surface area contributed by atoms with Crippen LogP contribution in [0.5, 0.6) is 0 Å². The van der Waals surface area contributed by atoms with Gasteiger partial charge in [0.15, 0.2) is 5.78 Å². The minimum atomic E-state index is -0.289. The van der Waals surface area contributed by atoms with E-state index in [2.05, 4.69) is 39.5 Å². The topological polar surface area (TPSA) is 52.6 Å². The number of aryl methyl sites for hydroxylation is 3. The standard InChI is InChI=1S/C26H34O4/c1-5-10-30-23(28)15-21-16-26(8-11-29-12-9-26)17-22(27)25(21)24-19(6-2)13-18(4)14-20(24)7-3/h5,13-14H,1,6-12,15-17H2,2-4H3. The van der Waals surface area contributed by atoms with Crippen molar-refractivity contribution in [2.75, 3.05) is 19.8 Å². The van der Waals surface area contributed by atoms with Gasteiger partial charge in [-0.1, -0.05) is 44.2 Å². The van der Waals surface area contributed by atoms with Crippen LogP contribution < -0.4 is 0 Å². The molecule has 4 nitrogen and oxygen atoms in total. The van der Waals surface area contributed by atoms with Gasteiger partial charge in [-0.25, -0.2) is 0 Å². The number of allylic oxidation sites excluding steroid dienone is 1. The van der Waals surface area contributed by atoms with Crippen molar-refractivity contribution in [2.24, 2.45) is 5.41 Å². The third kappa shape index (κ3) is 4.75. The number of carbonyl (C=O) groups excluding carboxylic acids is 2. The van der Waals surface area contributed by atoms with Gasteiger partial charge in [-0.05, 0) is 66.7 Å². The van der Waals surface area contributed by atoms with Crippen molar-refractivity contribution in [3.05, 3.63) is 52.6 Å². The highest BCUT2D eigenvalue weighted by atomic mass is 16.5. The first-order valence-corrected chi connectivity index (χ1v) is 11.1. The molecule has 1 aromatic carbocycles. The highest BCUT2D eigenvalue weighted by molar-refractivity contribution is 6.23. The van der Waals surface area contributed by atoms with Crippen molar-refractivity contribution in [2.45, 2.75) is 65.7 Å². The summed E-state index contributed by atoms with van der Waals surface area (Å²) in [6, 6.07) is 4.36. The van der Waals surface area contributed by atoms with Gasteiger partial charge in [0, 0.05) is 25.2 Å². The zero-order valence-corrected chi connectivity index (χ0v) is 18.6. The van der Waals surface area contributed by atoms with Crippen LogP contribution in [0.1, 0.15) is 68.2 Å². The molecule has 0 unspecified atom stereocenters. The molecule has 2 aliphatic rings. The van der Waals surface area contributed by atoms with Crippen molar-refractivity contribution in [1.29, 1.82) is 0 Å². The minimum Gasteiger partial charge on any atom is -0.461 e. The van der Waals surface area contributed by atoms with Crippen LogP contribution in [0.15, 0.2) is 30.4 Å². The summed E-state index contributed by atoms with van der Waals surface area (Å²) in [6.45, 7) is 11.5. The first-order valence-electron chi connectivity index (χ1n) is 11.1. The first-order chi connectivity index (χ1) is 14.4. The lowest BCUT2D eigenvalue weighted by Crippen LogP contribution is -2.36. The Morgan fingerprint density at radius 1 is 1.17 bits per heavy atom. The van der Waals surface area contributed by atoms with Crippen LogP contribution >= 0.6 is 0 Å². The smallest absolute Gasteiger partial charge is 0.310 e. The maximum Gasteiger partial charge on any atom is 0.310 e. The summed E-state index contributed by atoms with van der Waals surface area (Å²) in [4.78, 5) is 26.2. The van der Waals surface area contributed by atoms with E-state index in [1.54, 1.807) is 6.08 Å². The summed E-state index contributed by atoms with van der Waals surface area (Å²) < 4.78 is 10.9. The van der Waals surface area contributed by atoms with Crippen LogP contribution in [0.4, 0.5) is 0 Å². The quantitative estimate of drug-likeness (QED) is 0.461. The van der Waals surface area contributed by atoms with E-state index in [1.807, 2.05) is 0 Å². The fraction of sp³-hybridized carbons (Fsp3) is 0.538. The normalized spacial score (nSPS) is 18.6. The van der Waals surface area contributed by atoms with E-state index < -0.39 is 0 Å². The Bertz CT molecular complexity index is 831. The zero-order valence-electron chi connectivity index (χ0n) is 18.6. The average Bonchev–Trinajstić information content (AvgIpc) is 2.72. The number of hydrogen-bond donors (Lipinski definition) is 0. The zero-order chi connectivity index (χ0) is 21.7. The van der Waals surface area contributed by atoms with Crippen molar-refractivity contribution in [3.63, 3.8) is 0 Å². The van der Waals surface area contributed by atoms with Crippen molar-refractivity contribution in [3.8, 4) is 0 Å². The molecule has 0 radical (unpaired) electrons. The van der Waals surface area contributed by atoms with Gasteiger partial charge in [-0.15, -0.1) is 0 Å². The van der Waals surface area contributed by atoms with Gasteiger partial charge in [0.25, 0.3) is 0 Å². The molecule has 3 rings (SSSR count). The van der Waals surface area contributed by atoms with Gasteiger partial charge in [-0.2, -0.15) is 0 Å². The van der Waals surface area contributed by atoms with E-state index in [0.717, 1.165) is 48.8 Å². The molecule has 0 N–H and O–H groups in total. The molecule has 1 aromatic rings. The molecule has 1 fully saturated rings. The maximum absolute atomic E-state index is 13.6. The summed E-state index contributed by atoms with van der Waals surface area (Å²) in [6.07, 6.45) is 6.49. The van der Waals surface area contributed by atoms with E-state index in [9.17, 15) is 9.59 Å². The van der Waals surface area contributed by atoms with Crippen LogP contribution in [0, 0.1) is 12.3 Å². The molecule has 0 aromatic heterocycles. The van der Waals surface area contributed by atoms with E-state index in [4.69, 9.17) is 9.47 Å². The highest BCUT2D eigenvalue weighted by Gasteiger charge is 2.42. The van der Waals surface area contributed by atoms with Crippen LogP contribution in [-0.2, 0) is 31.9 Å². The fourth-order valence-electron chi connectivity index (χ4n) is 5.05. The highest BCUT2D eigenvalue weighted by Crippen LogP contribution is 2.49. The number of rotatable bonds is 7. The Kier molecular flexibility index (Phi) is 7.30. The molecule has 1 aliphatic carbocycles. The Hall–Kier alpha value is -2.20. The third-order valence-corrected chi connectivity index (χ3v) is 6.49. The molecule has 0 bridgehead atoms. The molecule has 4 heteroatoms. The Morgan fingerprint density at radius 3 is 2.37 bits per heavy atom. The number of carbonyl (C=O) groups is 2. The Labute approximate surface area is 180 Å². The minimum absolute atomic E-state index is 0.0870. The van der Waals surface area contributed by atoms with Crippen LogP contribution in [0.2, 0.25) is 0 Å². The summed E-state index contributed by atoms with van der Waals surface area (Å²) in [5.41, 5.74) is 6.28. The summed E-state index contributed by atoms with van der Waals surface area (Å²) in [5.74, 6) is -0.120. The molecule has 0 saturated carbocycles. The summed E-state index contributed by atoms with van der Waals surface area (Å²) >= 11 is 0. The third-order valence-electron chi connectivity index (χ3n) is 6.49. The SMILES string of the molecule is C=CCOC(=O)CC1=C(c2c(CC)cc(C)cc2CC)C(=O)CC2(CCOCC2)C1. The fourth-order valence-corrected chi connectivity index (χ4v) is 5.05. The van der Waals surface area contributed by atoms with E-state index in [1.165, 1.54) is 16.7 Å². The molecular weight excluding hydrogens is 376 g/mol. The monoisotopic (exact) mass is 410 g/mol. The molecule has 0 amide bonds. The summed E-state index contributed by atoms with van der Waals surface area (Å²) in [5, 5.41) is 0. The number of ether oxygens (including phenoxy) is 2. The number of ketones is 1. The predicted octanol–water partition coefficient (Wildman–Crippen LogP) is 5.15. The molecule has 1 saturated heterocycles. The Balaban J connectivity index is 2.13. The van der Waals surface area contributed by atoms with Crippen molar-refractivity contribution in [1.82, 2.24) is 0 Å². The second-order valence-corrected chi connectivity index (χ2v) is 8.68. The van der Waals surface area contributed by atoms with Crippen LogP contribution in [0.25, 0.3) is 5.57 Å². The molecular formula is C26H34O4. The second kappa shape index (κ2) is 9.74. The lowest BCUT2D eigenvalue weighted by Gasteiger charge is -2.41. The van der Waals surface area contributed by atoms with E-state index in [0.29, 0.717) is 19.6 Å². The van der Waals surface area contributed by atoms with Crippen LogP contribution in [-0.4, -0.2) is 31.6 Å². The van der Waals surface area contributed by atoms with Crippen molar-refractivity contribution >= 4 is 17.3 Å². The van der Waals surface area contributed by atoms with Crippen LogP contribution in [0.3, 0.4) is 0 Å². The van der Waals surface area contributed by atoms with Gasteiger partial charge >= 0.3 is 5.97 Å². The van der Waals surface area contributed by atoms with Crippen molar-refractivity contribution < 1.29 is 19.1 Å². The molecule has 0 atom stereocenters. The van der Waals surface area contributed by atoms with E-state index in [-0.39, 0.29) is 30.2 Å². The molecule has 30 heavy (non-hydrogen) atoms.